The number of halogens is 3. The fourth-order valence-corrected chi connectivity index (χ4v) is 4.17. The van der Waals surface area contributed by atoms with Crippen LogP contribution in [-0.4, -0.2) is 35.4 Å². The summed E-state index contributed by atoms with van der Waals surface area (Å²) in [6, 6.07) is 21.3. The van der Waals surface area contributed by atoms with Crippen molar-refractivity contribution < 1.29 is 14.3 Å². The summed E-state index contributed by atoms with van der Waals surface area (Å²) in [6.45, 7) is 3.90. The highest BCUT2D eigenvalue weighted by atomic mass is 79.9. The van der Waals surface area contributed by atoms with Gasteiger partial charge in [-0.3, -0.25) is 9.59 Å². The number of hydrogen-bond acceptors (Lipinski definition) is 3. The maximum Gasteiger partial charge on any atom is 0.261 e. The van der Waals surface area contributed by atoms with E-state index in [1.807, 2.05) is 56.3 Å². The number of amides is 2. The van der Waals surface area contributed by atoms with Crippen LogP contribution in [0.15, 0.2) is 77.3 Å². The van der Waals surface area contributed by atoms with E-state index < -0.39 is 6.04 Å². The van der Waals surface area contributed by atoms with E-state index in [0.717, 1.165) is 22.0 Å². The van der Waals surface area contributed by atoms with Gasteiger partial charge in [-0.1, -0.05) is 82.5 Å². The van der Waals surface area contributed by atoms with Crippen molar-refractivity contribution in [3.05, 3.63) is 98.4 Å². The molecule has 190 valence electrons. The first-order valence-electron chi connectivity index (χ1n) is 11.7. The second-order valence-electron chi connectivity index (χ2n) is 8.54. The van der Waals surface area contributed by atoms with Crippen LogP contribution in [0.5, 0.6) is 5.75 Å². The number of carbonyl (C=O) groups is 2. The molecule has 2 amide bonds. The molecule has 0 bridgehead atoms. The monoisotopic (exact) mass is 590 g/mol. The van der Waals surface area contributed by atoms with E-state index in [-0.39, 0.29) is 31.0 Å². The van der Waals surface area contributed by atoms with Gasteiger partial charge in [-0.25, -0.2) is 0 Å². The molecule has 0 aliphatic rings. The zero-order valence-corrected chi connectivity index (χ0v) is 23.3. The molecule has 2 atom stereocenters. The summed E-state index contributed by atoms with van der Waals surface area (Å²) in [5.41, 5.74) is 1.71. The molecule has 0 spiro atoms. The van der Waals surface area contributed by atoms with Gasteiger partial charge in [0.15, 0.2) is 6.61 Å². The lowest BCUT2D eigenvalue weighted by Gasteiger charge is -2.32. The Bertz CT molecular complexity index is 1160. The van der Waals surface area contributed by atoms with Crippen LogP contribution >= 0.6 is 39.1 Å². The van der Waals surface area contributed by atoms with Crippen LogP contribution in [0.25, 0.3) is 0 Å². The summed E-state index contributed by atoms with van der Waals surface area (Å²) in [5, 5.41) is 3.85. The normalized spacial score (nSPS) is 12.5. The van der Waals surface area contributed by atoms with Gasteiger partial charge in [0.25, 0.3) is 5.91 Å². The Kier molecular flexibility index (Phi) is 10.7. The fraction of sp³-hybridized carbons (Fsp3) is 0.286. The van der Waals surface area contributed by atoms with Crippen molar-refractivity contribution in [1.82, 2.24) is 10.2 Å². The molecule has 0 fully saturated rings. The van der Waals surface area contributed by atoms with E-state index in [0.29, 0.717) is 22.2 Å². The van der Waals surface area contributed by atoms with Crippen LogP contribution in [0.3, 0.4) is 0 Å². The van der Waals surface area contributed by atoms with Crippen molar-refractivity contribution >= 4 is 50.9 Å². The molecule has 3 rings (SSSR count). The van der Waals surface area contributed by atoms with E-state index in [4.69, 9.17) is 27.9 Å². The summed E-state index contributed by atoms with van der Waals surface area (Å²) in [4.78, 5) is 28.6. The second-order valence-corrected chi connectivity index (χ2v) is 10.3. The van der Waals surface area contributed by atoms with Crippen LogP contribution < -0.4 is 10.1 Å². The smallest absolute Gasteiger partial charge is 0.261 e. The fourth-order valence-electron chi connectivity index (χ4n) is 3.59. The van der Waals surface area contributed by atoms with Crippen molar-refractivity contribution in [3.8, 4) is 5.75 Å². The van der Waals surface area contributed by atoms with Crippen molar-refractivity contribution in [2.45, 2.75) is 45.3 Å². The van der Waals surface area contributed by atoms with Crippen molar-refractivity contribution in [3.63, 3.8) is 0 Å². The minimum atomic E-state index is -0.753. The van der Waals surface area contributed by atoms with Crippen LogP contribution in [0.1, 0.15) is 31.4 Å². The average molecular weight is 592 g/mol. The second kappa shape index (κ2) is 13.7. The summed E-state index contributed by atoms with van der Waals surface area (Å²) >= 11 is 15.7. The quantitative estimate of drug-likeness (QED) is 0.270. The molecule has 3 aromatic rings. The van der Waals surface area contributed by atoms with E-state index in [2.05, 4.69) is 21.2 Å². The summed E-state index contributed by atoms with van der Waals surface area (Å²) < 4.78 is 6.69. The zero-order chi connectivity index (χ0) is 26.1. The van der Waals surface area contributed by atoms with Gasteiger partial charge in [-0.15, -0.1) is 0 Å². The molecule has 5 nitrogen and oxygen atoms in total. The Labute approximate surface area is 230 Å². The van der Waals surface area contributed by atoms with Gasteiger partial charge in [0.1, 0.15) is 11.8 Å². The molecule has 0 aliphatic carbocycles. The molecule has 0 heterocycles. The van der Waals surface area contributed by atoms with Gasteiger partial charge < -0.3 is 15.0 Å². The molecule has 1 N–H and O–H groups in total. The Morgan fingerprint density at radius 1 is 0.972 bits per heavy atom. The molecular formula is C28H29BrCl2N2O3. The highest BCUT2D eigenvalue weighted by Gasteiger charge is 2.31. The van der Waals surface area contributed by atoms with Gasteiger partial charge in [-0.05, 0) is 60.9 Å². The van der Waals surface area contributed by atoms with E-state index in [1.54, 1.807) is 35.2 Å². The molecule has 0 saturated heterocycles. The molecule has 0 unspecified atom stereocenters. The highest BCUT2D eigenvalue weighted by Crippen LogP contribution is 2.24. The molecule has 0 radical (unpaired) electrons. The van der Waals surface area contributed by atoms with Crippen LogP contribution in [0.2, 0.25) is 10.0 Å². The third kappa shape index (κ3) is 8.26. The third-order valence-corrected chi connectivity index (χ3v) is 7.05. The summed E-state index contributed by atoms with van der Waals surface area (Å²) in [5.74, 6) is 0.0270. The zero-order valence-electron chi connectivity index (χ0n) is 20.2. The number of nitrogens with zero attached hydrogens (tertiary/aromatic N) is 1. The Morgan fingerprint density at radius 2 is 1.67 bits per heavy atom. The van der Waals surface area contributed by atoms with Crippen molar-refractivity contribution in [2.24, 2.45) is 0 Å². The summed E-state index contributed by atoms with van der Waals surface area (Å²) in [7, 11) is 0. The number of hydrogen-bond donors (Lipinski definition) is 1. The van der Waals surface area contributed by atoms with Crippen LogP contribution in [0, 0.1) is 0 Å². The molecule has 0 aromatic heterocycles. The Morgan fingerprint density at radius 3 is 2.31 bits per heavy atom. The number of carbonyl (C=O) groups excluding carboxylic acids is 2. The third-order valence-electron chi connectivity index (χ3n) is 5.79. The average Bonchev–Trinajstić information content (AvgIpc) is 2.88. The maximum absolute atomic E-state index is 13.6. The maximum atomic E-state index is 13.6. The van der Waals surface area contributed by atoms with E-state index >= 15 is 0 Å². The predicted octanol–water partition coefficient (Wildman–Crippen LogP) is 6.69. The van der Waals surface area contributed by atoms with Crippen molar-refractivity contribution in [2.75, 3.05) is 6.61 Å². The van der Waals surface area contributed by atoms with Gasteiger partial charge in [0, 0.05) is 23.5 Å². The topological polar surface area (TPSA) is 58.6 Å². The number of nitrogens with one attached hydrogen (secondary N) is 1. The first-order chi connectivity index (χ1) is 17.3. The first kappa shape index (κ1) is 28.0. The number of rotatable bonds is 11. The molecule has 3 aromatic carbocycles. The van der Waals surface area contributed by atoms with E-state index in [1.165, 1.54) is 0 Å². The highest BCUT2D eigenvalue weighted by molar-refractivity contribution is 9.10. The molecular weight excluding hydrogens is 563 g/mol. The first-order valence-corrected chi connectivity index (χ1v) is 13.3. The van der Waals surface area contributed by atoms with E-state index in [9.17, 15) is 9.59 Å². The molecule has 0 aliphatic heterocycles. The molecule has 0 saturated carbocycles. The number of benzene rings is 3. The molecule has 36 heavy (non-hydrogen) atoms. The Balaban J connectivity index is 1.92. The minimum Gasteiger partial charge on any atom is -0.484 e. The SMILES string of the molecule is CC[C@@H](C)NC(=O)[C@H](Cc1ccccc1)N(Cc1ccc(Cl)c(Cl)c1)C(=O)COc1ccc(Br)cc1. The summed E-state index contributed by atoms with van der Waals surface area (Å²) in [6.07, 6.45) is 1.13. The minimum absolute atomic E-state index is 0.0308. The lowest BCUT2D eigenvalue weighted by Crippen LogP contribution is -2.53. The Hall–Kier alpha value is -2.54. The van der Waals surface area contributed by atoms with Gasteiger partial charge in [0.05, 0.1) is 10.0 Å². The largest absolute Gasteiger partial charge is 0.484 e. The lowest BCUT2D eigenvalue weighted by molar-refractivity contribution is -0.143. The van der Waals surface area contributed by atoms with Gasteiger partial charge >= 0.3 is 0 Å². The molecule has 8 heteroatoms. The standard InChI is InChI=1S/C28H29BrCl2N2O3/c1-3-19(2)32-28(35)26(16-20-7-5-4-6-8-20)33(17-21-9-14-24(30)25(31)15-21)27(34)18-36-23-12-10-22(29)11-13-23/h4-15,19,26H,3,16-18H2,1-2H3,(H,32,35)/t19-,26+/m1/s1. The van der Waals surface area contributed by atoms with Crippen LogP contribution in [-0.2, 0) is 22.6 Å². The van der Waals surface area contributed by atoms with Gasteiger partial charge in [0.2, 0.25) is 5.91 Å². The lowest BCUT2D eigenvalue weighted by atomic mass is 10.0. The number of ether oxygens (including phenoxy) is 1. The van der Waals surface area contributed by atoms with Gasteiger partial charge in [-0.2, -0.15) is 0 Å². The predicted molar refractivity (Wildman–Crippen MR) is 148 cm³/mol. The van der Waals surface area contributed by atoms with Crippen molar-refractivity contribution in [1.29, 1.82) is 0 Å². The van der Waals surface area contributed by atoms with Crippen LogP contribution in [0.4, 0.5) is 0 Å².